The van der Waals surface area contributed by atoms with Crippen LogP contribution >= 0.6 is 0 Å². The minimum Gasteiger partial charge on any atom is -0.491 e. The molecule has 0 spiro atoms. The summed E-state index contributed by atoms with van der Waals surface area (Å²) in [6.07, 6.45) is 2.95. The molecule has 0 aliphatic carbocycles. The van der Waals surface area contributed by atoms with E-state index in [0.717, 1.165) is 0 Å². The molecule has 1 aromatic carbocycles. The first-order chi connectivity index (χ1) is 11.2. The van der Waals surface area contributed by atoms with Crippen molar-refractivity contribution < 1.29 is 19.0 Å². The molecule has 0 unspecified atom stereocenters. The summed E-state index contributed by atoms with van der Waals surface area (Å²) >= 11 is 0. The van der Waals surface area contributed by atoms with Gasteiger partial charge in [0.25, 0.3) is 5.91 Å². The van der Waals surface area contributed by atoms with Gasteiger partial charge in [0.15, 0.2) is 5.82 Å². The molecule has 2 aromatic rings. The molecule has 0 aliphatic heterocycles. The molecule has 122 valence electrons. The fourth-order valence-corrected chi connectivity index (χ4v) is 1.78. The summed E-state index contributed by atoms with van der Waals surface area (Å²) in [6, 6.07) is 6.88. The van der Waals surface area contributed by atoms with Gasteiger partial charge in [-0.1, -0.05) is 6.07 Å². The van der Waals surface area contributed by atoms with Gasteiger partial charge in [0.1, 0.15) is 12.4 Å². The molecule has 1 amide bonds. The Balaban J connectivity index is 2.02. The first-order valence-electron chi connectivity index (χ1n) is 7.21. The number of nitrogens with zero attached hydrogens (tertiary/aromatic N) is 2. The van der Waals surface area contributed by atoms with Crippen LogP contribution in [0.15, 0.2) is 36.7 Å². The van der Waals surface area contributed by atoms with E-state index in [2.05, 4.69) is 15.3 Å². The molecule has 7 heteroatoms. The number of methoxy groups -OCH3 is 1. The van der Waals surface area contributed by atoms with Crippen LogP contribution in [0.25, 0.3) is 0 Å². The van der Waals surface area contributed by atoms with Crippen LogP contribution in [0.4, 0.5) is 5.82 Å². The predicted molar refractivity (Wildman–Crippen MR) is 85.0 cm³/mol. The number of rotatable bonds is 8. The van der Waals surface area contributed by atoms with Gasteiger partial charge in [-0.2, -0.15) is 4.98 Å². The molecule has 0 aliphatic rings. The normalized spacial score (nSPS) is 10.2. The Hall–Kier alpha value is -2.67. The number of amides is 1. The highest BCUT2D eigenvalue weighted by atomic mass is 16.5. The third-order valence-corrected chi connectivity index (χ3v) is 2.80. The number of ether oxygens (including phenoxy) is 3. The minimum absolute atomic E-state index is 0.301. The summed E-state index contributed by atoms with van der Waals surface area (Å²) in [7, 11) is 1.60. The summed E-state index contributed by atoms with van der Waals surface area (Å²) in [5.74, 6) is 0.989. The monoisotopic (exact) mass is 317 g/mol. The van der Waals surface area contributed by atoms with Crippen molar-refractivity contribution in [1.29, 1.82) is 0 Å². The zero-order chi connectivity index (χ0) is 16.5. The van der Waals surface area contributed by atoms with Crippen molar-refractivity contribution >= 4 is 11.7 Å². The smallest absolute Gasteiger partial charge is 0.256 e. The highest BCUT2D eigenvalue weighted by molar-refractivity contribution is 6.03. The van der Waals surface area contributed by atoms with E-state index in [9.17, 15) is 4.79 Å². The van der Waals surface area contributed by atoms with Gasteiger partial charge >= 0.3 is 0 Å². The molecule has 0 fully saturated rings. The van der Waals surface area contributed by atoms with Crippen molar-refractivity contribution in [1.82, 2.24) is 9.97 Å². The molecule has 0 saturated carbocycles. The van der Waals surface area contributed by atoms with Crippen molar-refractivity contribution in [2.75, 3.05) is 32.2 Å². The number of carbonyl (C=O) groups excluding carboxylic acids is 1. The minimum atomic E-state index is -0.301. The van der Waals surface area contributed by atoms with Crippen molar-refractivity contribution in [2.24, 2.45) is 0 Å². The average molecular weight is 317 g/mol. The van der Waals surface area contributed by atoms with Gasteiger partial charge in [-0.15, -0.1) is 0 Å². The number of carbonyl (C=O) groups is 1. The Labute approximate surface area is 134 Å². The standard InChI is InChI=1S/C16H19N3O4/c1-3-22-15-11-17-10-14(18-15)19-16(20)12-5-4-6-13(9-12)23-8-7-21-2/h4-6,9-11H,3,7-8H2,1-2H3,(H,18,19,20). The quantitative estimate of drug-likeness (QED) is 0.751. The van der Waals surface area contributed by atoms with E-state index in [0.29, 0.717) is 42.8 Å². The third-order valence-electron chi connectivity index (χ3n) is 2.80. The lowest BCUT2D eigenvalue weighted by Crippen LogP contribution is -2.14. The first-order valence-corrected chi connectivity index (χ1v) is 7.21. The maximum absolute atomic E-state index is 12.3. The summed E-state index contributed by atoms with van der Waals surface area (Å²) in [5, 5.41) is 2.68. The lowest BCUT2D eigenvalue weighted by Gasteiger charge is -2.08. The van der Waals surface area contributed by atoms with Gasteiger partial charge < -0.3 is 19.5 Å². The van der Waals surface area contributed by atoms with Gasteiger partial charge in [-0.05, 0) is 25.1 Å². The van der Waals surface area contributed by atoms with Gasteiger partial charge in [-0.25, -0.2) is 0 Å². The number of hydrogen-bond donors (Lipinski definition) is 1. The Morgan fingerprint density at radius 3 is 2.87 bits per heavy atom. The second kappa shape index (κ2) is 8.70. The molecule has 0 atom stereocenters. The molecule has 7 nitrogen and oxygen atoms in total. The lowest BCUT2D eigenvalue weighted by molar-refractivity contribution is 0.102. The van der Waals surface area contributed by atoms with Crippen LogP contribution in [0.5, 0.6) is 11.6 Å². The van der Waals surface area contributed by atoms with Crippen LogP contribution in [-0.4, -0.2) is 42.8 Å². The van der Waals surface area contributed by atoms with Gasteiger partial charge in [0, 0.05) is 12.7 Å². The van der Waals surface area contributed by atoms with Crippen molar-refractivity contribution in [3.63, 3.8) is 0 Å². The Kier molecular flexibility index (Phi) is 6.31. The van der Waals surface area contributed by atoms with Crippen molar-refractivity contribution in [2.45, 2.75) is 6.92 Å². The molecule has 0 bridgehead atoms. The second-order valence-electron chi connectivity index (χ2n) is 4.50. The second-order valence-corrected chi connectivity index (χ2v) is 4.50. The molecule has 1 N–H and O–H groups in total. The van der Waals surface area contributed by atoms with Crippen molar-refractivity contribution in [3.05, 3.63) is 42.2 Å². The average Bonchev–Trinajstić information content (AvgIpc) is 2.56. The fourth-order valence-electron chi connectivity index (χ4n) is 1.78. The number of anilines is 1. The maximum Gasteiger partial charge on any atom is 0.256 e. The Bertz CT molecular complexity index is 649. The lowest BCUT2D eigenvalue weighted by atomic mass is 10.2. The molecule has 0 saturated heterocycles. The Morgan fingerprint density at radius 2 is 2.09 bits per heavy atom. The number of benzene rings is 1. The predicted octanol–water partition coefficient (Wildman–Crippen LogP) is 2.15. The molecule has 23 heavy (non-hydrogen) atoms. The topological polar surface area (TPSA) is 82.6 Å². The largest absolute Gasteiger partial charge is 0.491 e. The van der Waals surface area contributed by atoms with Gasteiger partial charge in [-0.3, -0.25) is 9.78 Å². The summed E-state index contributed by atoms with van der Waals surface area (Å²) < 4.78 is 15.7. The van der Waals surface area contributed by atoms with E-state index in [1.54, 1.807) is 31.4 Å². The van der Waals surface area contributed by atoms with E-state index in [4.69, 9.17) is 14.2 Å². The van der Waals surface area contributed by atoms with Crippen LogP contribution in [0.1, 0.15) is 17.3 Å². The van der Waals surface area contributed by atoms with E-state index in [1.807, 2.05) is 6.92 Å². The number of nitrogens with one attached hydrogen (secondary N) is 1. The van der Waals surface area contributed by atoms with Crippen LogP contribution in [0.2, 0.25) is 0 Å². The van der Waals surface area contributed by atoms with Crippen LogP contribution < -0.4 is 14.8 Å². The SMILES string of the molecule is CCOc1cncc(NC(=O)c2cccc(OCCOC)c2)n1. The van der Waals surface area contributed by atoms with Crippen LogP contribution in [-0.2, 0) is 4.74 Å². The first kappa shape index (κ1) is 16.7. The summed E-state index contributed by atoms with van der Waals surface area (Å²) in [4.78, 5) is 20.4. The molecule has 1 aromatic heterocycles. The molecule has 0 radical (unpaired) electrons. The highest BCUT2D eigenvalue weighted by Gasteiger charge is 2.09. The summed E-state index contributed by atoms with van der Waals surface area (Å²) in [6.45, 7) is 3.23. The molecular formula is C16H19N3O4. The number of aromatic nitrogens is 2. The van der Waals surface area contributed by atoms with E-state index < -0.39 is 0 Å². The highest BCUT2D eigenvalue weighted by Crippen LogP contribution is 2.15. The Morgan fingerprint density at radius 1 is 1.22 bits per heavy atom. The molecule has 1 heterocycles. The van der Waals surface area contributed by atoms with Gasteiger partial charge in [0.05, 0.1) is 25.6 Å². The zero-order valence-corrected chi connectivity index (χ0v) is 13.1. The molecule has 2 rings (SSSR count). The zero-order valence-electron chi connectivity index (χ0n) is 13.1. The fraction of sp³-hybridized carbons (Fsp3) is 0.312. The third kappa shape index (κ3) is 5.23. The van der Waals surface area contributed by atoms with E-state index >= 15 is 0 Å². The van der Waals surface area contributed by atoms with Crippen LogP contribution in [0.3, 0.4) is 0 Å². The van der Waals surface area contributed by atoms with E-state index in [-0.39, 0.29) is 5.91 Å². The summed E-state index contributed by atoms with van der Waals surface area (Å²) in [5.41, 5.74) is 0.462. The van der Waals surface area contributed by atoms with Crippen molar-refractivity contribution in [3.8, 4) is 11.6 Å². The van der Waals surface area contributed by atoms with E-state index in [1.165, 1.54) is 12.4 Å². The van der Waals surface area contributed by atoms with Gasteiger partial charge in [0.2, 0.25) is 5.88 Å². The molecular weight excluding hydrogens is 298 g/mol. The number of hydrogen-bond acceptors (Lipinski definition) is 6. The maximum atomic E-state index is 12.3. The van der Waals surface area contributed by atoms with Crippen LogP contribution in [0, 0.1) is 0 Å².